The molecule has 0 bridgehead atoms. The highest BCUT2D eigenvalue weighted by atomic mass is 19.1. The van der Waals surface area contributed by atoms with Gasteiger partial charge in [0.05, 0.1) is 0 Å². The van der Waals surface area contributed by atoms with Crippen LogP contribution in [-0.2, 0) is 15.1 Å². The van der Waals surface area contributed by atoms with Gasteiger partial charge < -0.3 is 16.4 Å². The summed E-state index contributed by atoms with van der Waals surface area (Å²) in [6.45, 7) is 1.54. The number of pyridine rings is 1. The molecule has 0 unspecified atom stereocenters. The van der Waals surface area contributed by atoms with Gasteiger partial charge >= 0.3 is 0 Å². The van der Waals surface area contributed by atoms with E-state index < -0.39 is 11.7 Å². The number of benzene rings is 2. The topological polar surface area (TPSA) is 97.1 Å². The molecule has 4 N–H and O–H groups in total. The maximum absolute atomic E-state index is 13.5. The summed E-state index contributed by atoms with van der Waals surface area (Å²) in [4.78, 5) is 28.7. The fourth-order valence-electron chi connectivity index (χ4n) is 5.81. The van der Waals surface area contributed by atoms with Gasteiger partial charge in [-0.2, -0.15) is 0 Å². The molecule has 2 amide bonds. The smallest absolute Gasteiger partial charge is 0.225 e. The van der Waals surface area contributed by atoms with Crippen LogP contribution in [0.25, 0.3) is 22.3 Å². The zero-order chi connectivity index (χ0) is 26.7. The maximum atomic E-state index is 13.5. The molecule has 0 aliphatic heterocycles. The van der Waals surface area contributed by atoms with Gasteiger partial charge in [-0.15, -0.1) is 0 Å². The molecule has 0 spiro atoms. The van der Waals surface area contributed by atoms with Crippen LogP contribution in [0.5, 0.6) is 0 Å². The number of nitrogens with zero attached hydrogens (tertiary/aromatic N) is 1. The highest BCUT2D eigenvalue weighted by molar-refractivity contribution is 5.92. The van der Waals surface area contributed by atoms with Crippen LogP contribution in [0, 0.1) is 5.92 Å². The molecule has 2 saturated carbocycles. The summed E-state index contributed by atoms with van der Waals surface area (Å²) in [5.41, 5.74) is 10.6. The molecule has 2 aliphatic rings. The monoisotopic (exact) mass is 514 g/mol. The first-order chi connectivity index (χ1) is 18.3. The third kappa shape index (κ3) is 5.94. The maximum Gasteiger partial charge on any atom is 0.225 e. The van der Waals surface area contributed by atoms with Crippen molar-refractivity contribution in [1.82, 2.24) is 10.3 Å². The predicted molar refractivity (Wildman–Crippen MR) is 148 cm³/mol. The van der Waals surface area contributed by atoms with Crippen molar-refractivity contribution in [3.63, 3.8) is 0 Å². The van der Waals surface area contributed by atoms with Gasteiger partial charge in [-0.3, -0.25) is 9.59 Å². The van der Waals surface area contributed by atoms with E-state index in [1.807, 2.05) is 60.7 Å². The standard InChI is InChI=1S/C31H35FN4O2/c1-20(37)35-26-13-7-21(8-14-26)15-30(38)36-29-16-27(22-5-3-2-4-6-22)28(19-34-29)23-9-11-24(12-10-23)31(33)17-25(32)18-31/h2-6,9-12,16,19,21,25-26H,7-8,13-15,17-18,33H2,1H3,(H,35,37)(H,34,36,38)/t21?,25-,26?,31+. The number of carbonyl (C=O) groups is 2. The molecule has 2 aliphatic carbocycles. The Morgan fingerprint density at radius 3 is 2.26 bits per heavy atom. The van der Waals surface area contributed by atoms with Crippen molar-refractivity contribution in [2.24, 2.45) is 11.7 Å². The lowest BCUT2D eigenvalue weighted by molar-refractivity contribution is -0.120. The van der Waals surface area contributed by atoms with Gasteiger partial charge in [0.15, 0.2) is 0 Å². The minimum absolute atomic E-state index is 0.00229. The molecule has 0 radical (unpaired) electrons. The minimum Gasteiger partial charge on any atom is -0.354 e. The van der Waals surface area contributed by atoms with Crippen LogP contribution in [-0.4, -0.2) is 29.0 Å². The number of rotatable bonds is 7. The Hall–Kier alpha value is -3.58. The normalized spacial score (nSPS) is 24.8. The quantitative estimate of drug-likeness (QED) is 0.375. The number of aromatic nitrogens is 1. The first-order valence-corrected chi connectivity index (χ1v) is 13.5. The van der Waals surface area contributed by atoms with Gasteiger partial charge in [-0.25, -0.2) is 9.37 Å². The zero-order valence-corrected chi connectivity index (χ0v) is 21.8. The zero-order valence-electron chi connectivity index (χ0n) is 21.8. The van der Waals surface area contributed by atoms with Gasteiger partial charge in [0, 0.05) is 49.5 Å². The van der Waals surface area contributed by atoms with Crippen LogP contribution in [0.3, 0.4) is 0 Å². The molecule has 2 aromatic carbocycles. The van der Waals surface area contributed by atoms with E-state index in [4.69, 9.17) is 5.73 Å². The predicted octanol–water partition coefficient (Wildman–Crippen LogP) is 5.73. The van der Waals surface area contributed by atoms with Crippen molar-refractivity contribution in [1.29, 1.82) is 0 Å². The van der Waals surface area contributed by atoms with Crippen molar-refractivity contribution >= 4 is 17.6 Å². The molecule has 0 atom stereocenters. The first-order valence-electron chi connectivity index (χ1n) is 13.5. The largest absolute Gasteiger partial charge is 0.354 e. The van der Waals surface area contributed by atoms with Crippen LogP contribution in [0.4, 0.5) is 10.2 Å². The highest BCUT2D eigenvalue weighted by Gasteiger charge is 2.42. The number of hydrogen-bond acceptors (Lipinski definition) is 4. The van der Waals surface area contributed by atoms with Crippen molar-refractivity contribution in [2.45, 2.75) is 69.6 Å². The van der Waals surface area contributed by atoms with E-state index in [2.05, 4.69) is 15.6 Å². The van der Waals surface area contributed by atoms with Gasteiger partial charge in [-0.05, 0) is 59.9 Å². The molecule has 5 rings (SSSR count). The third-order valence-corrected chi connectivity index (χ3v) is 7.93. The number of amides is 2. The van der Waals surface area contributed by atoms with E-state index in [0.717, 1.165) is 53.5 Å². The van der Waals surface area contributed by atoms with Crippen LogP contribution in [0.15, 0.2) is 66.9 Å². The average molecular weight is 515 g/mol. The first kappa shape index (κ1) is 26.0. The summed E-state index contributed by atoms with van der Waals surface area (Å²) in [7, 11) is 0. The van der Waals surface area contributed by atoms with E-state index in [-0.39, 0.29) is 17.9 Å². The second-order valence-corrected chi connectivity index (χ2v) is 10.9. The number of anilines is 1. The van der Waals surface area contributed by atoms with E-state index in [0.29, 0.717) is 31.0 Å². The number of nitrogens with one attached hydrogen (secondary N) is 2. The Bertz CT molecular complexity index is 1280. The minimum atomic E-state index is -0.824. The molecule has 2 fully saturated rings. The van der Waals surface area contributed by atoms with Crippen LogP contribution in [0.2, 0.25) is 0 Å². The molecular weight excluding hydrogens is 479 g/mol. The number of halogens is 1. The van der Waals surface area contributed by atoms with Gasteiger partial charge in [-0.1, -0.05) is 54.6 Å². The van der Waals surface area contributed by atoms with Crippen molar-refractivity contribution in [3.8, 4) is 22.3 Å². The van der Waals surface area contributed by atoms with Crippen molar-refractivity contribution in [3.05, 3.63) is 72.4 Å². The Balaban J connectivity index is 1.31. The van der Waals surface area contributed by atoms with Crippen molar-refractivity contribution < 1.29 is 14.0 Å². The molecule has 198 valence electrons. The molecule has 6 nitrogen and oxygen atoms in total. The lowest BCUT2D eigenvalue weighted by atomic mass is 9.71. The SMILES string of the molecule is CC(=O)NC1CCC(CC(=O)Nc2cc(-c3ccccc3)c(-c3ccc([C@]4(N)C[C@@H](F)C4)cc3)cn2)CC1. The van der Waals surface area contributed by atoms with E-state index in [9.17, 15) is 14.0 Å². The van der Waals surface area contributed by atoms with E-state index in [1.54, 1.807) is 13.1 Å². The summed E-state index contributed by atoms with van der Waals surface area (Å²) >= 11 is 0. The number of carbonyl (C=O) groups excluding carboxylic acids is 2. The molecular formula is C31H35FN4O2. The third-order valence-electron chi connectivity index (χ3n) is 7.93. The molecule has 1 heterocycles. The second-order valence-electron chi connectivity index (χ2n) is 10.9. The number of nitrogens with two attached hydrogens (primary N) is 1. The highest BCUT2D eigenvalue weighted by Crippen LogP contribution is 2.42. The lowest BCUT2D eigenvalue weighted by Crippen LogP contribution is -2.50. The fourth-order valence-corrected chi connectivity index (χ4v) is 5.81. The van der Waals surface area contributed by atoms with Gasteiger partial charge in [0.2, 0.25) is 11.8 Å². The summed E-state index contributed by atoms with van der Waals surface area (Å²) in [5, 5.41) is 5.98. The Morgan fingerprint density at radius 1 is 0.974 bits per heavy atom. The second kappa shape index (κ2) is 11.0. The number of alkyl halides is 1. The van der Waals surface area contributed by atoms with Gasteiger partial charge in [0.25, 0.3) is 0 Å². The van der Waals surface area contributed by atoms with Crippen LogP contribution >= 0.6 is 0 Å². The summed E-state index contributed by atoms with van der Waals surface area (Å²) in [6, 6.07) is 20.1. The van der Waals surface area contributed by atoms with E-state index >= 15 is 0 Å². The Kier molecular flexibility index (Phi) is 7.56. The average Bonchev–Trinajstić information content (AvgIpc) is 2.89. The van der Waals surface area contributed by atoms with Crippen LogP contribution in [0.1, 0.15) is 57.4 Å². The Labute approximate surface area is 223 Å². The van der Waals surface area contributed by atoms with Crippen molar-refractivity contribution in [2.75, 3.05) is 5.32 Å². The summed E-state index contributed by atoms with van der Waals surface area (Å²) in [5.74, 6) is 0.782. The summed E-state index contributed by atoms with van der Waals surface area (Å²) in [6.07, 6.45) is 5.78. The molecule has 7 heteroatoms. The molecule has 1 aromatic heterocycles. The van der Waals surface area contributed by atoms with Gasteiger partial charge in [0.1, 0.15) is 12.0 Å². The Morgan fingerprint density at radius 2 is 1.63 bits per heavy atom. The molecule has 0 saturated heterocycles. The number of hydrogen-bond donors (Lipinski definition) is 3. The molecule has 38 heavy (non-hydrogen) atoms. The summed E-state index contributed by atoms with van der Waals surface area (Å²) < 4.78 is 13.5. The fraction of sp³-hybridized carbons (Fsp3) is 0.387. The molecule has 3 aromatic rings. The van der Waals surface area contributed by atoms with E-state index in [1.165, 1.54) is 0 Å². The van der Waals surface area contributed by atoms with Crippen LogP contribution < -0.4 is 16.4 Å². The lowest BCUT2D eigenvalue weighted by Gasteiger charge is -2.41.